The second kappa shape index (κ2) is 4.82. The van der Waals surface area contributed by atoms with E-state index in [4.69, 9.17) is 0 Å². The Kier molecular flexibility index (Phi) is 4.71. The van der Waals surface area contributed by atoms with Crippen LogP contribution in [0.1, 0.15) is 26.7 Å². The Morgan fingerprint density at radius 3 is 2.62 bits per heavy atom. The highest BCUT2D eigenvalue weighted by molar-refractivity contribution is 5.85. The molecule has 0 spiro atoms. The Hall–Kier alpha value is -0.280. The van der Waals surface area contributed by atoms with Crippen molar-refractivity contribution in [3.8, 4) is 0 Å². The molecule has 1 rings (SSSR count). The van der Waals surface area contributed by atoms with E-state index in [0.717, 1.165) is 13.0 Å². The van der Waals surface area contributed by atoms with Crippen LogP contribution in [-0.2, 0) is 9.53 Å². The fourth-order valence-corrected chi connectivity index (χ4v) is 1.66. The molecular formula is C9H18ClNO2. The topological polar surface area (TPSA) is 38.3 Å². The van der Waals surface area contributed by atoms with Crippen molar-refractivity contribution in [2.24, 2.45) is 5.41 Å². The fourth-order valence-electron chi connectivity index (χ4n) is 1.66. The zero-order chi connectivity index (χ0) is 9.19. The van der Waals surface area contributed by atoms with Crippen molar-refractivity contribution in [2.75, 3.05) is 13.7 Å². The Labute approximate surface area is 85.6 Å². The number of hydrogen-bond donors (Lipinski definition) is 1. The second-order valence-electron chi connectivity index (χ2n) is 4.23. The van der Waals surface area contributed by atoms with Crippen molar-refractivity contribution in [3.05, 3.63) is 0 Å². The van der Waals surface area contributed by atoms with E-state index in [1.54, 1.807) is 0 Å². The molecule has 0 radical (unpaired) electrons. The number of hydrogen-bond acceptors (Lipinski definition) is 3. The fraction of sp³-hybridized carbons (Fsp3) is 0.889. The molecule has 1 heterocycles. The van der Waals surface area contributed by atoms with E-state index < -0.39 is 0 Å². The van der Waals surface area contributed by atoms with Crippen LogP contribution in [0, 0.1) is 5.41 Å². The molecule has 0 aromatic carbocycles. The van der Waals surface area contributed by atoms with Crippen LogP contribution in [0.5, 0.6) is 0 Å². The molecule has 1 atom stereocenters. The van der Waals surface area contributed by atoms with Gasteiger partial charge in [0, 0.05) is 12.6 Å². The molecule has 3 nitrogen and oxygen atoms in total. The van der Waals surface area contributed by atoms with Gasteiger partial charge in [-0.15, -0.1) is 12.4 Å². The summed E-state index contributed by atoms with van der Waals surface area (Å²) in [6.07, 6.45) is 1.56. The van der Waals surface area contributed by atoms with Crippen LogP contribution in [0.4, 0.5) is 0 Å². The van der Waals surface area contributed by atoms with Gasteiger partial charge in [-0.05, 0) is 11.8 Å². The average Bonchev–Trinajstić information content (AvgIpc) is 2.30. The van der Waals surface area contributed by atoms with Gasteiger partial charge < -0.3 is 10.1 Å². The molecule has 1 aliphatic heterocycles. The lowest BCUT2D eigenvalue weighted by molar-refractivity contribution is -0.141. The van der Waals surface area contributed by atoms with Crippen LogP contribution in [0.25, 0.3) is 0 Å². The number of halogens is 1. The van der Waals surface area contributed by atoms with Crippen LogP contribution in [0.15, 0.2) is 0 Å². The molecule has 0 aliphatic carbocycles. The van der Waals surface area contributed by atoms with E-state index in [1.165, 1.54) is 7.11 Å². The lowest BCUT2D eigenvalue weighted by Crippen LogP contribution is -2.25. The van der Waals surface area contributed by atoms with Crippen molar-refractivity contribution in [3.63, 3.8) is 0 Å². The third-order valence-electron chi connectivity index (χ3n) is 2.31. The Morgan fingerprint density at radius 2 is 2.23 bits per heavy atom. The van der Waals surface area contributed by atoms with Crippen molar-refractivity contribution in [1.29, 1.82) is 0 Å². The predicted molar refractivity (Wildman–Crippen MR) is 54.1 cm³/mol. The van der Waals surface area contributed by atoms with Gasteiger partial charge in [-0.3, -0.25) is 4.79 Å². The number of ether oxygens (including phenoxy) is 1. The maximum atomic E-state index is 10.9. The number of methoxy groups -OCH3 is 1. The third-order valence-corrected chi connectivity index (χ3v) is 2.31. The summed E-state index contributed by atoms with van der Waals surface area (Å²) in [4.78, 5) is 10.9. The van der Waals surface area contributed by atoms with Crippen LogP contribution < -0.4 is 5.32 Å². The summed E-state index contributed by atoms with van der Waals surface area (Å²) in [6.45, 7) is 5.41. The smallest absolute Gasteiger partial charge is 0.307 e. The number of carbonyl (C=O) groups excluding carboxylic acids is 1. The molecule has 1 N–H and O–H groups in total. The van der Waals surface area contributed by atoms with Crippen molar-refractivity contribution in [1.82, 2.24) is 5.32 Å². The summed E-state index contributed by atoms with van der Waals surface area (Å²) < 4.78 is 4.60. The molecule has 0 aromatic heterocycles. The van der Waals surface area contributed by atoms with Crippen LogP contribution in [0.3, 0.4) is 0 Å². The number of rotatable bonds is 2. The van der Waals surface area contributed by atoms with E-state index in [1.807, 2.05) is 0 Å². The zero-order valence-electron chi connectivity index (χ0n) is 8.42. The van der Waals surface area contributed by atoms with E-state index >= 15 is 0 Å². The Bertz CT molecular complexity index is 182. The van der Waals surface area contributed by atoms with Gasteiger partial charge in [0.2, 0.25) is 0 Å². The standard InChI is InChI=1S/C9H17NO2.ClH/c1-9(2)5-7(10-6-9)4-8(11)12-3;/h7,10H,4-6H2,1-3H3;1H. The van der Waals surface area contributed by atoms with Gasteiger partial charge in [-0.25, -0.2) is 0 Å². The Balaban J connectivity index is 0.00000144. The molecule has 13 heavy (non-hydrogen) atoms. The summed E-state index contributed by atoms with van der Waals surface area (Å²) in [5.74, 6) is -0.120. The van der Waals surface area contributed by atoms with Gasteiger partial charge in [-0.1, -0.05) is 13.8 Å². The molecule has 1 fully saturated rings. The molecule has 0 amide bonds. The molecule has 0 saturated carbocycles. The Morgan fingerprint density at radius 1 is 1.62 bits per heavy atom. The van der Waals surface area contributed by atoms with Crippen LogP contribution in [0.2, 0.25) is 0 Å². The first-order chi connectivity index (χ1) is 5.53. The number of nitrogens with one attached hydrogen (secondary N) is 1. The van der Waals surface area contributed by atoms with E-state index in [-0.39, 0.29) is 18.4 Å². The normalized spacial score (nSPS) is 25.0. The van der Waals surface area contributed by atoms with E-state index in [9.17, 15) is 4.79 Å². The van der Waals surface area contributed by atoms with Crippen LogP contribution in [-0.4, -0.2) is 25.7 Å². The maximum Gasteiger partial charge on any atom is 0.307 e. The van der Waals surface area contributed by atoms with Crippen molar-refractivity contribution >= 4 is 18.4 Å². The molecular weight excluding hydrogens is 190 g/mol. The molecule has 1 unspecified atom stereocenters. The lowest BCUT2D eigenvalue weighted by atomic mass is 9.90. The second-order valence-corrected chi connectivity index (χ2v) is 4.23. The molecule has 4 heteroatoms. The van der Waals surface area contributed by atoms with E-state index in [0.29, 0.717) is 17.9 Å². The number of esters is 1. The molecule has 1 saturated heterocycles. The minimum atomic E-state index is -0.120. The highest BCUT2D eigenvalue weighted by Gasteiger charge is 2.31. The largest absolute Gasteiger partial charge is 0.469 e. The van der Waals surface area contributed by atoms with Gasteiger partial charge in [0.25, 0.3) is 0 Å². The molecule has 0 aromatic rings. The highest BCUT2D eigenvalue weighted by Crippen LogP contribution is 2.28. The average molecular weight is 208 g/mol. The summed E-state index contributed by atoms with van der Waals surface area (Å²) in [5.41, 5.74) is 0.332. The summed E-state index contributed by atoms with van der Waals surface area (Å²) >= 11 is 0. The first kappa shape index (κ1) is 12.7. The quantitative estimate of drug-likeness (QED) is 0.695. The predicted octanol–water partition coefficient (Wildman–Crippen LogP) is 1.36. The van der Waals surface area contributed by atoms with Crippen molar-refractivity contribution < 1.29 is 9.53 Å². The minimum Gasteiger partial charge on any atom is -0.469 e. The van der Waals surface area contributed by atoms with Gasteiger partial charge in [0.05, 0.1) is 13.5 Å². The first-order valence-electron chi connectivity index (χ1n) is 4.34. The maximum absolute atomic E-state index is 10.9. The first-order valence-corrected chi connectivity index (χ1v) is 4.34. The zero-order valence-corrected chi connectivity index (χ0v) is 9.24. The summed E-state index contributed by atoms with van der Waals surface area (Å²) in [5, 5.41) is 3.31. The number of carbonyl (C=O) groups is 1. The third kappa shape index (κ3) is 3.96. The van der Waals surface area contributed by atoms with Crippen LogP contribution >= 0.6 is 12.4 Å². The molecule has 78 valence electrons. The monoisotopic (exact) mass is 207 g/mol. The van der Waals surface area contributed by atoms with E-state index in [2.05, 4.69) is 23.9 Å². The summed E-state index contributed by atoms with van der Waals surface area (Å²) in [7, 11) is 1.43. The lowest BCUT2D eigenvalue weighted by Gasteiger charge is -2.14. The SMILES string of the molecule is COC(=O)CC1CC(C)(C)CN1.Cl. The highest BCUT2D eigenvalue weighted by atomic mass is 35.5. The van der Waals surface area contributed by atoms with Gasteiger partial charge >= 0.3 is 5.97 Å². The van der Waals surface area contributed by atoms with Gasteiger partial charge in [0.15, 0.2) is 0 Å². The van der Waals surface area contributed by atoms with Gasteiger partial charge in [0.1, 0.15) is 0 Å². The molecule has 0 bridgehead atoms. The minimum absolute atomic E-state index is 0. The van der Waals surface area contributed by atoms with Gasteiger partial charge in [-0.2, -0.15) is 0 Å². The summed E-state index contributed by atoms with van der Waals surface area (Å²) in [6, 6.07) is 0.312. The van der Waals surface area contributed by atoms with Crippen molar-refractivity contribution in [2.45, 2.75) is 32.7 Å². The molecule has 1 aliphatic rings.